The highest BCUT2D eigenvalue weighted by Gasteiger charge is 2.12. The maximum absolute atomic E-state index is 12.5. The Bertz CT molecular complexity index is 662. The van der Waals surface area contributed by atoms with Crippen molar-refractivity contribution in [2.75, 3.05) is 25.9 Å². The lowest BCUT2D eigenvalue weighted by molar-refractivity contribution is 0.311. The first-order chi connectivity index (χ1) is 9.54. The zero-order chi connectivity index (χ0) is 14.7. The minimum atomic E-state index is -0.103. The van der Waals surface area contributed by atoms with Crippen LogP contribution in [-0.4, -0.2) is 24.8 Å². The van der Waals surface area contributed by atoms with Crippen LogP contribution in [-0.2, 0) is 0 Å². The van der Waals surface area contributed by atoms with Crippen LogP contribution in [0.1, 0.15) is 19.9 Å². The van der Waals surface area contributed by atoms with Gasteiger partial charge in [-0.15, -0.1) is 0 Å². The molecule has 0 bridgehead atoms. The Balaban J connectivity index is 2.58. The van der Waals surface area contributed by atoms with E-state index < -0.39 is 0 Å². The third kappa shape index (κ3) is 2.77. The first kappa shape index (κ1) is 14.4. The Morgan fingerprint density at radius 1 is 1.35 bits per heavy atom. The number of anilines is 1. The number of aromatic nitrogens is 1. The van der Waals surface area contributed by atoms with Crippen LogP contribution < -0.4 is 21.3 Å². The van der Waals surface area contributed by atoms with E-state index in [1.54, 1.807) is 10.6 Å². The molecule has 0 unspecified atom stereocenters. The van der Waals surface area contributed by atoms with E-state index >= 15 is 0 Å². The third-order valence-electron chi connectivity index (χ3n) is 3.15. The average molecular weight is 275 g/mol. The van der Waals surface area contributed by atoms with Crippen LogP contribution in [0.15, 0.2) is 29.1 Å². The lowest BCUT2D eigenvalue weighted by Gasteiger charge is -2.16. The van der Waals surface area contributed by atoms with Gasteiger partial charge in [0.2, 0.25) is 0 Å². The Hall–Kier alpha value is -2.01. The number of nitrogens with zero attached hydrogens (tertiary/aromatic N) is 1. The number of benzene rings is 1. The van der Waals surface area contributed by atoms with Gasteiger partial charge in [-0.3, -0.25) is 4.79 Å². The fourth-order valence-electron chi connectivity index (χ4n) is 2.22. The van der Waals surface area contributed by atoms with Crippen molar-refractivity contribution in [3.05, 3.63) is 34.6 Å². The van der Waals surface area contributed by atoms with Gasteiger partial charge in [-0.05, 0) is 45.2 Å². The van der Waals surface area contributed by atoms with Crippen LogP contribution in [0.2, 0.25) is 0 Å². The topological polar surface area (TPSA) is 69.3 Å². The van der Waals surface area contributed by atoms with E-state index in [2.05, 4.69) is 5.32 Å². The minimum Gasteiger partial charge on any atom is -0.487 e. The summed E-state index contributed by atoms with van der Waals surface area (Å²) >= 11 is 0. The summed E-state index contributed by atoms with van der Waals surface area (Å²) < 4.78 is 7.32. The molecule has 2 rings (SSSR count). The summed E-state index contributed by atoms with van der Waals surface area (Å²) in [6, 6.07) is 7.37. The van der Waals surface area contributed by atoms with Gasteiger partial charge in [0.1, 0.15) is 6.61 Å². The first-order valence-electron chi connectivity index (χ1n) is 6.76. The van der Waals surface area contributed by atoms with E-state index in [4.69, 9.17) is 10.5 Å². The number of rotatable bonds is 5. The molecule has 2 aromatic rings. The van der Waals surface area contributed by atoms with Gasteiger partial charge in [-0.1, -0.05) is 0 Å². The number of hydrogen-bond acceptors (Lipinski definition) is 4. The molecule has 0 saturated carbocycles. The van der Waals surface area contributed by atoms with Crippen molar-refractivity contribution in [1.29, 1.82) is 0 Å². The summed E-state index contributed by atoms with van der Waals surface area (Å²) in [5.74, 6) is 0.368. The number of pyridine rings is 1. The number of nitrogens with one attached hydrogen (secondary N) is 1. The molecule has 5 nitrogen and oxygen atoms in total. The molecule has 0 spiro atoms. The molecule has 1 aromatic carbocycles. The van der Waals surface area contributed by atoms with E-state index in [0.717, 1.165) is 10.9 Å². The predicted molar refractivity (Wildman–Crippen MR) is 82.4 cm³/mol. The summed E-state index contributed by atoms with van der Waals surface area (Å²) in [5.41, 5.74) is 7.27. The van der Waals surface area contributed by atoms with Gasteiger partial charge < -0.3 is 20.4 Å². The minimum absolute atomic E-state index is 0.0569. The highest BCUT2D eigenvalue weighted by atomic mass is 16.5. The highest BCUT2D eigenvalue weighted by molar-refractivity contribution is 5.83. The van der Waals surface area contributed by atoms with Crippen molar-refractivity contribution < 1.29 is 4.74 Å². The molecule has 3 N–H and O–H groups in total. The van der Waals surface area contributed by atoms with Gasteiger partial charge in [0.25, 0.3) is 5.56 Å². The lowest BCUT2D eigenvalue weighted by Crippen LogP contribution is -2.26. The number of hydrogen-bond donors (Lipinski definition) is 2. The van der Waals surface area contributed by atoms with Crippen LogP contribution in [0, 0.1) is 0 Å². The van der Waals surface area contributed by atoms with E-state index in [1.165, 1.54) is 0 Å². The number of nitrogen functional groups attached to an aromatic ring is 1. The van der Waals surface area contributed by atoms with E-state index in [0.29, 0.717) is 24.6 Å². The number of nitrogens with two attached hydrogens (primary N) is 1. The summed E-state index contributed by atoms with van der Waals surface area (Å²) in [6.45, 7) is 5.11. The standard InChI is InChI=1S/C15H21N3O2/c1-10(2)18-13-5-4-12(16)8-11(13)9-14(15(18)19)20-7-6-17-3/h4-5,8-10,17H,6-7,16H2,1-3H3. The summed E-state index contributed by atoms with van der Waals surface area (Å²) in [7, 11) is 1.84. The van der Waals surface area contributed by atoms with Crippen molar-refractivity contribution in [3.63, 3.8) is 0 Å². The molecule has 5 heteroatoms. The average Bonchev–Trinajstić information content (AvgIpc) is 2.39. The van der Waals surface area contributed by atoms with E-state index in [-0.39, 0.29) is 11.6 Å². The molecule has 0 aliphatic rings. The van der Waals surface area contributed by atoms with Crippen LogP contribution in [0.4, 0.5) is 5.69 Å². The van der Waals surface area contributed by atoms with E-state index in [1.807, 2.05) is 39.1 Å². The van der Waals surface area contributed by atoms with Gasteiger partial charge in [0, 0.05) is 23.7 Å². The van der Waals surface area contributed by atoms with Crippen LogP contribution >= 0.6 is 0 Å². The molecule has 0 saturated heterocycles. The fourth-order valence-corrected chi connectivity index (χ4v) is 2.22. The molecule has 0 amide bonds. The van der Waals surface area contributed by atoms with Gasteiger partial charge in [-0.25, -0.2) is 0 Å². The first-order valence-corrected chi connectivity index (χ1v) is 6.76. The smallest absolute Gasteiger partial charge is 0.293 e. The molecule has 0 aliphatic heterocycles. The third-order valence-corrected chi connectivity index (χ3v) is 3.15. The van der Waals surface area contributed by atoms with Crippen molar-refractivity contribution >= 4 is 16.6 Å². The van der Waals surface area contributed by atoms with E-state index in [9.17, 15) is 4.79 Å². The normalized spacial score (nSPS) is 11.2. The van der Waals surface area contributed by atoms with Gasteiger partial charge in [-0.2, -0.15) is 0 Å². The summed E-state index contributed by atoms with van der Waals surface area (Å²) in [5, 5.41) is 3.90. The second kappa shape index (κ2) is 5.96. The fraction of sp³-hybridized carbons (Fsp3) is 0.400. The molecule has 0 fully saturated rings. The molecule has 1 aromatic heterocycles. The largest absolute Gasteiger partial charge is 0.487 e. The van der Waals surface area contributed by atoms with Crippen LogP contribution in [0.25, 0.3) is 10.9 Å². The Labute approximate surface area is 118 Å². The van der Waals surface area contributed by atoms with Crippen molar-refractivity contribution in [1.82, 2.24) is 9.88 Å². The Morgan fingerprint density at radius 2 is 2.10 bits per heavy atom. The van der Waals surface area contributed by atoms with Gasteiger partial charge in [0.15, 0.2) is 5.75 Å². The summed E-state index contributed by atoms with van der Waals surface area (Å²) in [6.07, 6.45) is 0. The monoisotopic (exact) mass is 275 g/mol. The van der Waals surface area contributed by atoms with Crippen molar-refractivity contribution in [2.24, 2.45) is 0 Å². The summed E-state index contributed by atoms with van der Waals surface area (Å²) in [4.78, 5) is 12.5. The molecule has 0 atom stereocenters. The Kier molecular flexibility index (Phi) is 4.29. The number of likely N-dealkylation sites (N-methyl/N-ethyl adjacent to an activating group) is 1. The van der Waals surface area contributed by atoms with Gasteiger partial charge >= 0.3 is 0 Å². The molecular formula is C15H21N3O2. The molecule has 0 aliphatic carbocycles. The maximum Gasteiger partial charge on any atom is 0.293 e. The Morgan fingerprint density at radius 3 is 2.75 bits per heavy atom. The number of fused-ring (bicyclic) bond motifs is 1. The quantitative estimate of drug-likeness (QED) is 0.644. The molecule has 0 radical (unpaired) electrons. The highest BCUT2D eigenvalue weighted by Crippen LogP contribution is 2.22. The molecule has 1 heterocycles. The SMILES string of the molecule is CNCCOc1cc2cc(N)ccc2n(C(C)C)c1=O. The van der Waals surface area contributed by atoms with Crippen LogP contribution in [0.3, 0.4) is 0 Å². The second-order valence-electron chi connectivity index (χ2n) is 5.05. The second-order valence-corrected chi connectivity index (χ2v) is 5.05. The molecular weight excluding hydrogens is 254 g/mol. The van der Waals surface area contributed by atoms with Crippen LogP contribution in [0.5, 0.6) is 5.75 Å². The zero-order valence-electron chi connectivity index (χ0n) is 12.1. The maximum atomic E-state index is 12.5. The van der Waals surface area contributed by atoms with Crippen molar-refractivity contribution in [2.45, 2.75) is 19.9 Å². The van der Waals surface area contributed by atoms with Crippen molar-refractivity contribution in [3.8, 4) is 5.75 Å². The number of ether oxygens (including phenoxy) is 1. The lowest BCUT2D eigenvalue weighted by atomic mass is 10.1. The zero-order valence-corrected chi connectivity index (χ0v) is 12.1. The molecule has 20 heavy (non-hydrogen) atoms. The molecule has 108 valence electrons. The van der Waals surface area contributed by atoms with Gasteiger partial charge in [0.05, 0.1) is 5.52 Å². The predicted octanol–water partition coefficient (Wildman–Crippen LogP) is 1.76.